The van der Waals surface area contributed by atoms with Gasteiger partial charge in [0.2, 0.25) is 0 Å². The van der Waals surface area contributed by atoms with E-state index < -0.39 is 0 Å². The number of hydrogen-bond acceptors (Lipinski definition) is 2. The van der Waals surface area contributed by atoms with Crippen molar-refractivity contribution in [3.8, 4) is 0 Å². The van der Waals surface area contributed by atoms with Crippen LogP contribution in [0.3, 0.4) is 0 Å². The second kappa shape index (κ2) is 6.25. The Hall–Kier alpha value is -0.280. The fraction of sp³-hybridized carbons (Fsp3) is 0.571. The SMILES string of the molecule is OCC1(NCc2c(Cl)cccc2Cl)CCCCC1. The average molecular weight is 288 g/mol. The highest BCUT2D eigenvalue weighted by molar-refractivity contribution is 6.35. The average Bonchev–Trinajstić information content (AvgIpc) is 2.39. The quantitative estimate of drug-likeness (QED) is 0.883. The summed E-state index contributed by atoms with van der Waals surface area (Å²) in [4.78, 5) is 0. The zero-order valence-electron chi connectivity index (χ0n) is 10.4. The van der Waals surface area contributed by atoms with E-state index in [0.717, 1.165) is 18.4 Å². The summed E-state index contributed by atoms with van der Waals surface area (Å²) >= 11 is 12.3. The fourth-order valence-electron chi connectivity index (χ4n) is 2.60. The van der Waals surface area contributed by atoms with Crippen molar-refractivity contribution in [2.24, 2.45) is 0 Å². The molecule has 0 radical (unpaired) electrons. The van der Waals surface area contributed by atoms with E-state index >= 15 is 0 Å². The van der Waals surface area contributed by atoms with Gasteiger partial charge in [0.1, 0.15) is 0 Å². The summed E-state index contributed by atoms with van der Waals surface area (Å²) in [7, 11) is 0. The van der Waals surface area contributed by atoms with Gasteiger partial charge in [-0.2, -0.15) is 0 Å². The molecule has 0 bridgehead atoms. The van der Waals surface area contributed by atoms with Gasteiger partial charge in [-0.3, -0.25) is 0 Å². The molecule has 1 aromatic rings. The summed E-state index contributed by atoms with van der Waals surface area (Å²) < 4.78 is 0. The van der Waals surface area contributed by atoms with Crippen LogP contribution in [0.5, 0.6) is 0 Å². The standard InChI is InChI=1S/C14H19Cl2NO/c15-12-5-4-6-13(16)11(12)9-17-14(10-18)7-2-1-3-8-14/h4-6,17-18H,1-3,7-10H2. The van der Waals surface area contributed by atoms with Gasteiger partial charge in [-0.05, 0) is 25.0 Å². The van der Waals surface area contributed by atoms with Gasteiger partial charge in [-0.1, -0.05) is 48.5 Å². The maximum absolute atomic E-state index is 9.63. The minimum absolute atomic E-state index is 0.152. The molecule has 2 N–H and O–H groups in total. The van der Waals surface area contributed by atoms with Crippen LogP contribution in [0.15, 0.2) is 18.2 Å². The Morgan fingerprint density at radius 3 is 2.28 bits per heavy atom. The van der Waals surface area contributed by atoms with Crippen molar-refractivity contribution in [1.82, 2.24) is 5.32 Å². The van der Waals surface area contributed by atoms with Crippen molar-refractivity contribution in [2.75, 3.05) is 6.61 Å². The Kier molecular flexibility index (Phi) is 4.91. The van der Waals surface area contributed by atoms with Crippen molar-refractivity contribution < 1.29 is 5.11 Å². The van der Waals surface area contributed by atoms with Crippen LogP contribution in [0.1, 0.15) is 37.7 Å². The van der Waals surface area contributed by atoms with Crippen LogP contribution >= 0.6 is 23.2 Å². The molecule has 1 saturated carbocycles. The molecule has 0 amide bonds. The molecule has 1 aromatic carbocycles. The predicted octanol–water partition coefficient (Wildman–Crippen LogP) is 3.78. The summed E-state index contributed by atoms with van der Waals surface area (Å²) in [6.45, 7) is 0.786. The van der Waals surface area contributed by atoms with Crippen molar-refractivity contribution in [2.45, 2.75) is 44.2 Å². The van der Waals surface area contributed by atoms with Crippen molar-refractivity contribution in [3.05, 3.63) is 33.8 Å². The lowest BCUT2D eigenvalue weighted by atomic mass is 9.82. The van der Waals surface area contributed by atoms with Crippen LogP contribution in [0.2, 0.25) is 10.0 Å². The van der Waals surface area contributed by atoms with Gasteiger partial charge in [0.05, 0.1) is 6.61 Å². The summed E-state index contributed by atoms with van der Waals surface area (Å²) in [5.41, 5.74) is 0.764. The number of aliphatic hydroxyl groups excluding tert-OH is 1. The Morgan fingerprint density at radius 1 is 1.11 bits per heavy atom. The third kappa shape index (κ3) is 3.18. The van der Waals surface area contributed by atoms with E-state index in [4.69, 9.17) is 23.2 Å². The van der Waals surface area contributed by atoms with Crippen LogP contribution in [-0.4, -0.2) is 17.3 Å². The normalized spacial score (nSPS) is 18.8. The van der Waals surface area contributed by atoms with Crippen molar-refractivity contribution >= 4 is 23.2 Å². The van der Waals surface area contributed by atoms with Crippen LogP contribution in [0.4, 0.5) is 0 Å². The Labute approximate surface area is 118 Å². The highest BCUT2D eigenvalue weighted by atomic mass is 35.5. The molecule has 100 valence electrons. The first kappa shape index (κ1) is 14.1. The summed E-state index contributed by atoms with van der Waals surface area (Å²) in [5.74, 6) is 0. The Balaban J connectivity index is 2.05. The zero-order valence-corrected chi connectivity index (χ0v) is 11.9. The van der Waals surface area contributed by atoms with Crippen LogP contribution < -0.4 is 5.32 Å². The molecule has 1 aliphatic carbocycles. The maximum atomic E-state index is 9.63. The largest absolute Gasteiger partial charge is 0.394 e. The first-order valence-corrected chi connectivity index (χ1v) is 7.21. The molecular formula is C14H19Cl2NO. The number of hydrogen-bond donors (Lipinski definition) is 2. The molecule has 0 unspecified atom stereocenters. The fourth-order valence-corrected chi connectivity index (χ4v) is 3.13. The second-order valence-corrected chi connectivity index (χ2v) is 5.87. The second-order valence-electron chi connectivity index (χ2n) is 5.05. The lowest BCUT2D eigenvalue weighted by Gasteiger charge is -2.37. The number of halogens is 2. The van der Waals surface area contributed by atoms with Crippen LogP contribution in [-0.2, 0) is 6.54 Å². The highest BCUT2D eigenvalue weighted by Crippen LogP contribution is 2.30. The van der Waals surface area contributed by atoms with E-state index in [1.807, 2.05) is 18.2 Å². The first-order valence-electron chi connectivity index (χ1n) is 6.46. The van der Waals surface area contributed by atoms with Crippen LogP contribution in [0.25, 0.3) is 0 Å². The molecule has 1 aliphatic rings. The molecule has 0 spiro atoms. The lowest BCUT2D eigenvalue weighted by molar-refractivity contribution is 0.119. The van der Waals surface area contributed by atoms with Gasteiger partial charge in [-0.25, -0.2) is 0 Å². The monoisotopic (exact) mass is 287 g/mol. The lowest BCUT2D eigenvalue weighted by Crippen LogP contribution is -2.49. The minimum Gasteiger partial charge on any atom is -0.394 e. The molecule has 0 saturated heterocycles. The topological polar surface area (TPSA) is 32.3 Å². The van der Waals surface area contributed by atoms with E-state index in [1.165, 1.54) is 19.3 Å². The predicted molar refractivity (Wildman–Crippen MR) is 76.2 cm³/mol. The van der Waals surface area contributed by atoms with E-state index in [0.29, 0.717) is 16.6 Å². The van der Waals surface area contributed by atoms with E-state index in [-0.39, 0.29) is 12.1 Å². The molecule has 0 atom stereocenters. The molecule has 0 aromatic heterocycles. The third-order valence-electron chi connectivity index (χ3n) is 3.82. The summed E-state index contributed by atoms with van der Waals surface area (Å²) in [6, 6.07) is 5.53. The molecule has 2 nitrogen and oxygen atoms in total. The molecule has 4 heteroatoms. The van der Waals surface area contributed by atoms with E-state index in [2.05, 4.69) is 5.32 Å². The van der Waals surface area contributed by atoms with Crippen LogP contribution in [0, 0.1) is 0 Å². The van der Waals surface area contributed by atoms with Gasteiger partial charge < -0.3 is 10.4 Å². The number of nitrogens with one attached hydrogen (secondary N) is 1. The number of rotatable bonds is 4. The number of benzene rings is 1. The molecular weight excluding hydrogens is 269 g/mol. The van der Waals surface area contributed by atoms with Gasteiger partial charge in [0.25, 0.3) is 0 Å². The number of aliphatic hydroxyl groups is 1. The summed E-state index contributed by atoms with van der Waals surface area (Å²) in [5, 5.41) is 14.5. The van der Waals surface area contributed by atoms with Gasteiger partial charge in [0, 0.05) is 27.7 Å². The van der Waals surface area contributed by atoms with Gasteiger partial charge >= 0.3 is 0 Å². The minimum atomic E-state index is -0.152. The smallest absolute Gasteiger partial charge is 0.0613 e. The molecule has 2 rings (SSSR count). The molecule has 0 heterocycles. The van der Waals surface area contributed by atoms with Gasteiger partial charge in [0.15, 0.2) is 0 Å². The molecule has 0 aliphatic heterocycles. The maximum Gasteiger partial charge on any atom is 0.0613 e. The first-order chi connectivity index (χ1) is 8.67. The van der Waals surface area contributed by atoms with Crippen molar-refractivity contribution in [3.63, 3.8) is 0 Å². The van der Waals surface area contributed by atoms with Crippen molar-refractivity contribution in [1.29, 1.82) is 0 Å². The van der Waals surface area contributed by atoms with Gasteiger partial charge in [-0.15, -0.1) is 0 Å². The Bertz CT molecular complexity index is 383. The molecule has 1 fully saturated rings. The third-order valence-corrected chi connectivity index (χ3v) is 4.52. The Morgan fingerprint density at radius 2 is 1.72 bits per heavy atom. The highest BCUT2D eigenvalue weighted by Gasteiger charge is 2.30. The van der Waals surface area contributed by atoms with E-state index in [1.54, 1.807) is 0 Å². The molecule has 18 heavy (non-hydrogen) atoms. The zero-order chi connectivity index (χ0) is 13.0. The summed E-state index contributed by atoms with van der Waals surface area (Å²) in [6.07, 6.45) is 5.64. The van der Waals surface area contributed by atoms with E-state index in [9.17, 15) is 5.11 Å².